The van der Waals surface area contributed by atoms with Crippen LogP contribution >= 0.6 is 0 Å². The van der Waals surface area contributed by atoms with E-state index in [9.17, 15) is 0 Å². The predicted octanol–water partition coefficient (Wildman–Crippen LogP) is 14.3. The maximum absolute atomic E-state index is 5.63. The molecule has 0 spiro atoms. The number of benzene rings is 5. The van der Waals surface area contributed by atoms with Gasteiger partial charge in [-0.05, 0) is 116 Å². The molecule has 0 saturated heterocycles. The van der Waals surface area contributed by atoms with Crippen LogP contribution in [0.1, 0.15) is 79.0 Å². The monoisotopic (exact) mass is 728 g/mol. The van der Waals surface area contributed by atoms with E-state index in [0.29, 0.717) is 0 Å². The maximum Gasteiger partial charge on any atom is 0.147 e. The number of hydrogen-bond acceptors (Lipinski definition) is 2. The molecule has 1 N–H and O–H groups in total. The minimum absolute atomic E-state index is 0.0667. The second-order valence-corrected chi connectivity index (χ2v) is 19.0. The van der Waals surface area contributed by atoms with Gasteiger partial charge < -0.3 is 4.98 Å². The van der Waals surface area contributed by atoms with Gasteiger partial charge in [-0.15, -0.1) is 0 Å². The van der Waals surface area contributed by atoms with E-state index >= 15 is 0 Å². The number of rotatable bonds is 1. The SMILES string of the molecule is CC(C)(C)c1cc2cc(c1)c1cc(C(C)(C)C)cc3c4cc(C(C)(C)C)cc(c5ccc6c7ccccc7n(c7cc(-c8ccccc8)cc2n7)c6n5)c4[nH]c13. The average molecular weight is 729 g/mol. The van der Waals surface area contributed by atoms with E-state index < -0.39 is 0 Å². The van der Waals surface area contributed by atoms with Crippen LogP contribution in [-0.2, 0) is 16.2 Å². The molecule has 0 radical (unpaired) electrons. The molecule has 0 saturated carbocycles. The Labute approximate surface area is 327 Å². The van der Waals surface area contributed by atoms with Gasteiger partial charge in [-0.1, -0.05) is 117 Å². The number of fused-ring (bicyclic) bond motifs is 13. The van der Waals surface area contributed by atoms with Crippen LogP contribution in [0.15, 0.2) is 121 Å². The van der Waals surface area contributed by atoms with Gasteiger partial charge in [-0.2, -0.15) is 0 Å². The zero-order valence-electron chi connectivity index (χ0n) is 33.9. The Morgan fingerprint density at radius 1 is 0.429 bits per heavy atom. The van der Waals surface area contributed by atoms with Crippen molar-refractivity contribution >= 4 is 82.0 Å². The van der Waals surface area contributed by atoms with E-state index in [1.165, 1.54) is 38.2 Å². The highest BCUT2D eigenvalue weighted by molar-refractivity contribution is 6.22. The highest BCUT2D eigenvalue weighted by atomic mass is 15.0. The molecule has 0 aliphatic heterocycles. The third-order valence-electron chi connectivity index (χ3n) is 11.9. The number of aromatic amines is 1. The largest absolute Gasteiger partial charge is 0.353 e. The molecule has 5 heterocycles. The van der Waals surface area contributed by atoms with Gasteiger partial charge in [0.1, 0.15) is 11.3 Å². The van der Waals surface area contributed by atoms with Gasteiger partial charge in [0.2, 0.25) is 0 Å². The molecular formula is C52H48N4. The smallest absolute Gasteiger partial charge is 0.147 e. The Morgan fingerprint density at radius 2 is 1.02 bits per heavy atom. The number of para-hydroxylation sites is 1. The molecular weight excluding hydrogens is 681 g/mol. The van der Waals surface area contributed by atoms with Crippen molar-refractivity contribution in [3.8, 4) is 11.1 Å². The van der Waals surface area contributed by atoms with Gasteiger partial charge in [-0.25, -0.2) is 9.97 Å². The molecule has 10 rings (SSSR count). The summed E-state index contributed by atoms with van der Waals surface area (Å²) in [6.07, 6.45) is 0. The molecule has 4 nitrogen and oxygen atoms in total. The van der Waals surface area contributed by atoms with Crippen LogP contribution < -0.4 is 0 Å². The van der Waals surface area contributed by atoms with E-state index in [1.807, 2.05) is 0 Å². The van der Waals surface area contributed by atoms with E-state index in [-0.39, 0.29) is 16.2 Å². The highest BCUT2D eigenvalue weighted by Gasteiger charge is 2.23. The molecule has 0 aliphatic carbocycles. The van der Waals surface area contributed by atoms with Gasteiger partial charge in [0.05, 0.1) is 27.6 Å². The molecule has 8 bridgehead atoms. The lowest BCUT2D eigenvalue weighted by molar-refractivity contribution is 0.591. The normalized spacial score (nSPS) is 13.1. The molecule has 56 heavy (non-hydrogen) atoms. The van der Waals surface area contributed by atoms with Gasteiger partial charge in [0.15, 0.2) is 0 Å². The minimum atomic E-state index is -0.102. The van der Waals surface area contributed by atoms with Crippen LogP contribution in [-0.4, -0.2) is 19.4 Å². The summed E-state index contributed by atoms with van der Waals surface area (Å²) in [6.45, 7) is 20.8. The molecule has 0 unspecified atom stereocenters. The second kappa shape index (κ2) is 11.8. The number of pyridine rings is 2. The third kappa shape index (κ3) is 5.41. The van der Waals surface area contributed by atoms with Crippen molar-refractivity contribution in [2.45, 2.75) is 78.6 Å². The number of hydrogen-bond donors (Lipinski definition) is 1. The molecule has 4 heteroatoms. The third-order valence-corrected chi connectivity index (χ3v) is 11.9. The van der Waals surface area contributed by atoms with E-state index in [0.717, 1.165) is 71.5 Å². The van der Waals surface area contributed by atoms with E-state index in [2.05, 4.69) is 193 Å². The lowest BCUT2D eigenvalue weighted by Crippen LogP contribution is -2.11. The summed E-state index contributed by atoms with van der Waals surface area (Å²) in [5, 5.41) is 9.33. The van der Waals surface area contributed by atoms with Crippen molar-refractivity contribution in [3.63, 3.8) is 0 Å². The van der Waals surface area contributed by atoms with Crippen molar-refractivity contribution < 1.29 is 0 Å². The van der Waals surface area contributed by atoms with E-state index in [1.54, 1.807) is 0 Å². The first-order valence-corrected chi connectivity index (χ1v) is 19.9. The van der Waals surface area contributed by atoms with Crippen LogP contribution in [0.4, 0.5) is 0 Å². The lowest BCUT2D eigenvalue weighted by Gasteiger charge is -2.21. The number of nitrogens with one attached hydrogen (secondary N) is 1. The molecule has 10 aromatic rings. The first kappa shape index (κ1) is 34.5. The summed E-state index contributed by atoms with van der Waals surface area (Å²) < 4.78 is 2.28. The second-order valence-electron chi connectivity index (χ2n) is 19.0. The predicted molar refractivity (Wildman–Crippen MR) is 240 cm³/mol. The molecule has 5 aromatic carbocycles. The summed E-state index contributed by atoms with van der Waals surface area (Å²) in [4.78, 5) is 15.3. The Bertz CT molecular complexity index is 3290. The number of H-pyrrole nitrogens is 1. The summed E-state index contributed by atoms with van der Waals surface area (Å²) in [5.41, 5.74) is 12.8. The number of aromatic nitrogens is 4. The summed E-state index contributed by atoms with van der Waals surface area (Å²) >= 11 is 0. The molecule has 0 amide bonds. The molecule has 0 atom stereocenters. The highest BCUT2D eigenvalue weighted by Crippen LogP contribution is 2.41. The van der Waals surface area contributed by atoms with Crippen molar-refractivity contribution in [2.75, 3.05) is 0 Å². The summed E-state index contributed by atoms with van der Waals surface area (Å²) in [7, 11) is 0. The molecule has 276 valence electrons. The summed E-state index contributed by atoms with van der Waals surface area (Å²) in [6, 6.07) is 45.1. The van der Waals surface area contributed by atoms with Crippen LogP contribution in [0.3, 0.4) is 0 Å². The Morgan fingerprint density at radius 3 is 1.71 bits per heavy atom. The topological polar surface area (TPSA) is 46.0 Å². The van der Waals surface area contributed by atoms with Crippen LogP contribution in [0.2, 0.25) is 0 Å². The van der Waals surface area contributed by atoms with Crippen molar-refractivity contribution in [2.24, 2.45) is 0 Å². The fraction of sp³-hybridized carbons (Fsp3) is 0.231. The number of nitrogens with zero attached hydrogens (tertiary/aromatic N) is 3. The zero-order valence-corrected chi connectivity index (χ0v) is 33.9. The maximum atomic E-state index is 5.63. The summed E-state index contributed by atoms with van der Waals surface area (Å²) in [5.74, 6) is 0. The fourth-order valence-corrected chi connectivity index (χ4v) is 8.56. The fourth-order valence-electron chi connectivity index (χ4n) is 8.56. The van der Waals surface area contributed by atoms with Crippen molar-refractivity contribution in [1.29, 1.82) is 0 Å². The molecule has 0 aliphatic rings. The van der Waals surface area contributed by atoms with Gasteiger partial charge in [0, 0.05) is 37.7 Å². The van der Waals surface area contributed by atoms with Crippen molar-refractivity contribution in [3.05, 3.63) is 138 Å². The average Bonchev–Trinajstić information content (AvgIpc) is 3.71. The standard InChI is InChI=1S/C52H48N4/c1-50(2,3)34-22-32-21-33(23-34)44-24-31(30-15-11-10-12-16-30)25-46(53-44)56-45-18-14-13-17-37(45)38-19-20-43(54-49(38)56)42-29-36(52(7,8)9)28-41-40-27-35(51(4,5)6)26-39(32)47(40)55-48(41)42/h10-29,55H,1-9H3. The quantitative estimate of drug-likeness (QED) is 0.183. The van der Waals surface area contributed by atoms with Crippen LogP contribution in [0, 0.1) is 0 Å². The molecule has 0 fully saturated rings. The zero-order chi connectivity index (χ0) is 38.9. The van der Waals surface area contributed by atoms with E-state index in [4.69, 9.17) is 9.97 Å². The van der Waals surface area contributed by atoms with Crippen molar-refractivity contribution in [1.82, 2.24) is 19.4 Å². The first-order valence-electron chi connectivity index (χ1n) is 19.9. The molecule has 5 aromatic heterocycles. The van der Waals surface area contributed by atoms with Gasteiger partial charge >= 0.3 is 0 Å². The van der Waals surface area contributed by atoms with Gasteiger partial charge in [-0.3, -0.25) is 4.40 Å². The van der Waals surface area contributed by atoms with Crippen LogP contribution in [0.5, 0.6) is 0 Å². The minimum Gasteiger partial charge on any atom is -0.353 e. The first-order chi connectivity index (χ1) is 26.6. The van der Waals surface area contributed by atoms with Gasteiger partial charge in [0.25, 0.3) is 0 Å². The Balaban J connectivity index is 1.56. The lowest BCUT2D eigenvalue weighted by atomic mass is 9.83. The Hall–Kier alpha value is -6.00. The Kier molecular flexibility index (Phi) is 7.24. The van der Waals surface area contributed by atoms with Crippen LogP contribution in [0.25, 0.3) is 93.1 Å².